The van der Waals surface area contributed by atoms with Gasteiger partial charge in [-0.2, -0.15) is 10.5 Å². The van der Waals surface area contributed by atoms with Crippen LogP contribution in [0.25, 0.3) is 10.9 Å². The van der Waals surface area contributed by atoms with Crippen molar-refractivity contribution in [3.63, 3.8) is 0 Å². The first-order valence-electron chi connectivity index (χ1n) is 12.1. The maximum absolute atomic E-state index is 12.4. The van der Waals surface area contributed by atoms with Gasteiger partial charge in [0.15, 0.2) is 0 Å². The summed E-state index contributed by atoms with van der Waals surface area (Å²) in [4.78, 5) is 18.6. The molecule has 0 saturated carbocycles. The molecule has 3 N–H and O–H groups in total. The van der Waals surface area contributed by atoms with Gasteiger partial charge < -0.3 is 25.4 Å². The fourth-order valence-corrected chi connectivity index (χ4v) is 4.08. The van der Waals surface area contributed by atoms with E-state index < -0.39 is 5.91 Å². The zero-order chi connectivity index (χ0) is 28.6. The summed E-state index contributed by atoms with van der Waals surface area (Å²) in [6.07, 6.45) is 4.49. The van der Waals surface area contributed by atoms with Crippen molar-refractivity contribution in [2.45, 2.75) is 6.61 Å². The van der Waals surface area contributed by atoms with Crippen LogP contribution in [-0.2, 0) is 11.4 Å². The van der Waals surface area contributed by atoms with Gasteiger partial charge in [0.05, 0.1) is 39.1 Å². The highest BCUT2D eigenvalue weighted by Crippen LogP contribution is 2.37. The van der Waals surface area contributed by atoms with E-state index in [-0.39, 0.29) is 23.6 Å². The van der Waals surface area contributed by atoms with Crippen LogP contribution in [0.2, 0.25) is 5.02 Å². The largest absolute Gasteiger partial charge is 0.506 e. The molecule has 0 atom stereocenters. The minimum atomic E-state index is -0.407. The first-order valence-corrected chi connectivity index (χ1v) is 12.5. The lowest BCUT2D eigenvalue weighted by Crippen LogP contribution is -2.13. The molecule has 4 rings (SSSR count). The van der Waals surface area contributed by atoms with Crippen molar-refractivity contribution >= 4 is 45.5 Å². The number of hydrogen-bond donors (Lipinski definition) is 3. The molecule has 1 aromatic heterocycles. The average Bonchev–Trinajstić information content (AvgIpc) is 2.93. The number of hydrogen-bond acceptors (Lipinski definition) is 8. The number of benzene rings is 3. The molecule has 10 heteroatoms. The molecule has 0 unspecified atom stereocenters. The van der Waals surface area contributed by atoms with Crippen LogP contribution in [0.1, 0.15) is 16.7 Å². The van der Waals surface area contributed by atoms with Gasteiger partial charge >= 0.3 is 0 Å². The van der Waals surface area contributed by atoms with Crippen LogP contribution in [0, 0.1) is 22.7 Å². The van der Waals surface area contributed by atoms with Crippen molar-refractivity contribution in [3.8, 4) is 23.6 Å². The fraction of sp³-hybridized carbons (Fsp3) is 0.133. The van der Waals surface area contributed by atoms with Crippen molar-refractivity contribution in [1.29, 1.82) is 10.5 Å². The maximum atomic E-state index is 12.4. The summed E-state index contributed by atoms with van der Waals surface area (Å²) < 4.78 is 5.84. The van der Waals surface area contributed by atoms with Crippen LogP contribution in [0.15, 0.2) is 72.9 Å². The quantitative estimate of drug-likeness (QED) is 0.177. The van der Waals surface area contributed by atoms with Gasteiger partial charge in [-0.3, -0.25) is 9.78 Å². The second-order valence-electron chi connectivity index (χ2n) is 9.03. The van der Waals surface area contributed by atoms with Crippen LogP contribution >= 0.6 is 11.6 Å². The number of phenolic OH excluding ortho intramolecular Hbond substituents is 1. The first kappa shape index (κ1) is 27.9. The molecule has 200 valence electrons. The molecular weight excluding hydrogens is 528 g/mol. The van der Waals surface area contributed by atoms with Crippen molar-refractivity contribution < 1.29 is 14.6 Å². The second kappa shape index (κ2) is 12.6. The maximum Gasteiger partial charge on any atom is 0.248 e. The number of amides is 1. The Morgan fingerprint density at radius 3 is 2.62 bits per heavy atom. The highest BCUT2D eigenvalue weighted by molar-refractivity contribution is 6.32. The van der Waals surface area contributed by atoms with Crippen molar-refractivity contribution in [2.75, 3.05) is 31.3 Å². The van der Waals surface area contributed by atoms with E-state index in [0.717, 1.165) is 5.56 Å². The molecule has 0 bridgehead atoms. The fourth-order valence-electron chi connectivity index (χ4n) is 3.84. The van der Waals surface area contributed by atoms with E-state index in [1.807, 2.05) is 31.1 Å². The van der Waals surface area contributed by atoms with E-state index in [0.29, 0.717) is 45.2 Å². The summed E-state index contributed by atoms with van der Waals surface area (Å²) in [5.74, 6) is -0.139. The van der Waals surface area contributed by atoms with Gasteiger partial charge in [-0.1, -0.05) is 35.9 Å². The number of carbonyl (C=O) groups is 1. The van der Waals surface area contributed by atoms with Gasteiger partial charge in [-0.25, -0.2) is 0 Å². The molecule has 1 heterocycles. The zero-order valence-electron chi connectivity index (χ0n) is 21.8. The number of nitriles is 2. The van der Waals surface area contributed by atoms with Gasteiger partial charge in [-0.15, -0.1) is 0 Å². The van der Waals surface area contributed by atoms with Gasteiger partial charge in [0, 0.05) is 41.5 Å². The van der Waals surface area contributed by atoms with Crippen LogP contribution in [-0.4, -0.2) is 41.5 Å². The first-order chi connectivity index (χ1) is 19.3. The smallest absolute Gasteiger partial charge is 0.248 e. The number of ether oxygens (including phenoxy) is 1. The average molecular weight is 553 g/mol. The number of rotatable bonds is 9. The minimum absolute atomic E-state index is 0.160. The number of nitrogens with zero attached hydrogens (tertiary/aromatic N) is 4. The Hall–Kier alpha value is -5.09. The number of aromatic hydroxyl groups is 1. The van der Waals surface area contributed by atoms with Gasteiger partial charge in [0.1, 0.15) is 24.2 Å². The number of phenols is 1. The molecule has 4 aromatic rings. The number of likely N-dealkylation sites (N-methyl/N-ethyl adjacent to an activating group) is 1. The zero-order valence-corrected chi connectivity index (χ0v) is 22.5. The molecule has 0 fully saturated rings. The predicted octanol–water partition coefficient (Wildman–Crippen LogP) is 5.72. The van der Waals surface area contributed by atoms with Crippen molar-refractivity contribution in [1.82, 2.24) is 9.88 Å². The third-order valence-corrected chi connectivity index (χ3v) is 6.12. The normalized spacial score (nSPS) is 10.8. The lowest BCUT2D eigenvalue weighted by molar-refractivity contribution is -0.111. The van der Waals surface area contributed by atoms with E-state index in [9.17, 15) is 20.4 Å². The third-order valence-electron chi connectivity index (χ3n) is 5.83. The van der Waals surface area contributed by atoms with Crippen LogP contribution in [0.3, 0.4) is 0 Å². The second-order valence-corrected chi connectivity index (χ2v) is 9.43. The Kier molecular flexibility index (Phi) is 8.82. The number of pyridine rings is 1. The topological polar surface area (TPSA) is 134 Å². The Labute approximate surface area is 236 Å². The van der Waals surface area contributed by atoms with E-state index >= 15 is 0 Å². The van der Waals surface area contributed by atoms with Crippen molar-refractivity contribution in [3.05, 3.63) is 94.7 Å². The molecule has 40 heavy (non-hydrogen) atoms. The van der Waals surface area contributed by atoms with Crippen LogP contribution in [0.4, 0.5) is 17.1 Å². The van der Waals surface area contributed by atoms with E-state index in [1.54, 1.807) is 42.5 Å². The number of halogens is 1. The molecule has 1 amide bonds. The van der Waals surface area contributed by atoms with E-state index in [1.165, 1.54) is 18.3 Å². The Balaban J connectivity index is 1.60. The lowest BCUT2D eigenvalue weighted by Gasteiger charge is -2.15. The Morgan fingerprint density at radius 1 is 1.12 bits per heavy atom. The van der Waals surface area contributed by atoms with Crippen LogP contribution < -0.4 is 15.4 Å². The third kappa shape index (κ3) is 6.66. The van der Waals surface area contributed by atoms with Gasteiger partial charge in [0.25, 0.3) is 0 Å². The summed E-state index contributed by atoms with van der Waals surface area (Å²) in [5.41, 5.74) is 3.11. The number of carbonyl (C=O) groups excluding carboxylic acids is 1. The summed E-state index contributed by atoms with van der Waals surface area (Å²) in [5, 5.41) is 36.2. The SMILES string of the molecule is CN(C)C/C=C/C(=O)Nc1cc2c(Nc3ccc(OCc4ccccc4C#N)c(Cl)c3)c(C#N)cnc2cc1O. The molecule has 3 aromatic carbocycles. The van der Waals surface area contributed by atoms with Gasteiger partial charge in [-0.05, 0) is 44.4 Å². The minimum Gasteiger partial charge on any atom is -0.506 e. The Bertz CT molecular complexity index is 1690. The molecule has 0 saturated heterocycles. The molecule has 0 aliphatic heterocycles. The summed E-state index contributed by atoms with van der Waals surface area (Å²) in [6, 6.07) is 19.5. The lowest BCUT2D eigenvalue weighted by atomic mass is 10.1. The van der Waals surface area contributed by atoms with Crippen molar-refractivity contribution in [2.24, 2.45) is 0 Å². The number of nitrogens with one attached hydrogen (secondary N) is 2. The van der Waals surface area contributed by atoms with Crippen LogP contribution in [0.5, 0.6) is 11.5 Å². The summed E-state index contributed by atoms with van der Waals surface area (Å²) in [6.45, 7) is 0.756. The number of anilines is 3. The number of aromatic nitrogens is 1. The highest BCUT2D eigenvalue weighted by atomic mass is 35.5. The predicted molar refractivity (Wildman–Crippen MR) is 155 cm³/mol. The standard InChI is InChI=1S/C30H25ClN6O3/c1-37(2)11-5-8-29(39)36-26-13-23-25(14-27(26)38)34-17-21(16-33)30(23)35-22-9-10-28(24(31)12-22)40-18-20-7-4-3-6-19(20)15-32/h3-10,12-14,17,38H,11,18H2,1-2H3,(H,34,35)(H,36,39)/b8-5+. The molecule has 0 spiro atoms. The van der Waals surface area contributed by atoms with E-state index in [4.69, 9.17) is 16.3 Å². The highest BCUT2D eigenvalue weighted by Gasteiger charge is 2.15. The summed E-state index contributed by atoms with van der Waals surface area (Å²) >= 11 is 6.49. The number of fused-ring (bicyclic) bond motifs is 1. The molecule has 0 aliphatic rings. The van der Waals surface area contributed by atoms with Gasteiger partial charge in [0.2, 0.25) is 5.91 Å². The monoisotopic (exact) mass is 552 g/mol. The molecular formula is C30H25ClN6O3. The molecule has 9 nitrogen and oxygen atoms in total. The molecule has 0 aliphatic carbocycles. The van der Waals surface area contributed by atoms with E-state index in [2.05, 4.69) is 27.8 Å². The Morgan fingerprint density at radius 2 is 1.90 bits per heavy atom. The summed E-state index contributed by atoms with van der Waals surface area (Å²) in [7, 11) is 3.77. The molecule has 0 radical (unpaired) electrons.